The quantitative estimate of drug-likeness (QED) is 0.813. The molecule has 1 saturated heterocycles. The van der Waals surface area contributed by atoms with Gasteiger partial charge in [-0.3, -0.25) is 9.59 Å². The molecule has 1 unspecified atom stereocenters. The lowest BCUT2D eigenvalue weighted by Crippen LogP contribution is -2.40. The lowest BCUT2D eigenvalue weighted by molar-refractivity contribution is -0.151. The molecule has 2 heterocycles. The molecule has 1 N–H and O–H groups in total. The number of carbonyl (C=O) groups is 2. The highest BCUT2D eigenvalue weighted by atomic mass is 19.1. The van der Waals surface area contributed by atoms with Crippen LogP contribution in [0.15, 0.2) is 28.8 Å². The van der Waals surface area contributed by atoms with E-state index in [0.717, 1.165) is 12.1 Å². The Kier molecular flexibility index (Phi) is 5.49. The van der Waals surface area contributed by atoms with Gasteiger partial charge in [0.2, 0.25) is 5.91 Å². The van der Waals surface area contributed by atoms with E-state index in [1.807, 2.05) is 13.8 Å². The molecule has 0 aliphatic carbocycles. The molecule has 1 amide bonds. The van der Waals surface area contributed by atoms with Crippen molar-refractivity contribution in [3.8, 4) is 11.3 Å². The number of amides is 1. The second kappa shape index (κ2) is 7.69. The van der Waals surface area contributed by atoms with E-state index in [9.17, 15) is 23.5 Å². The number of hydrogen-bond acceptors (Lipinski definition) is 4. The third-order valence-corrected chi connectivity index (χ3v) is 5.49. The number of aromatic nitrogens is 1. The normalized spacial score (nSPS) is 19.4. The number of aryl methyl sites for hydroxylation is 1. The van der Waals surface area contributed by atoms with E-state index in [1.165, 1.54) is 12.3 Å². The molecule has 6 nitrogen and oxygen atoms in total. The number of carboxylic acid groups (broad SMARTS) is 1. The van der Waals surface area contributed by atoms with Crippen LogP contribution in [0.2, 0.25) is 0 Å². The van der Waals surface area contributed by atoms with Gasteiger partial charge in [-0.15, -0.1) is 0 Å². The number of carbonyl (C=O) groups excluding carboxylic acids is 1. The van der Waals surface area contributed by atoms with Crippen LogP contribution in [-0.4, -0.2) is 40.0 Å². The second-order valence-corrected chi connectivity index (χ2v) is 7.42. The van der Waals surface area contributed by atoms with E-state index in [-0.39, 0.29) is 48.4 Å². The first-order valence-corrected chi connectivity index (χ1v) is 9.14. The van der Waals surface area contributed by atoms with Crippen LogP contribution in [0.4, 0.5) is 8.78 Å². The highest BCUT2D eigenvalue weighted by Gasteiger charge is 2.48. The number of benzene rings is 1. The van der Waals surface area contributed by atoms with E-state index in [0.29, 0.717) is 13.0 Å². The lowest BCUT2D eigenvalue weighted by atomic mass is 9.76. The molecule has 2 aromatic rings. The highest BCUT2D eigenvalue weighted by Crippen LogP contribution is 2.38. The van der Waals surface area contributed by atoms with Crippen molar-refractivity contribution in [2.75, 3.05) is 13.1 Å². The molecule has 1 atom stereocenters. The summed E-state index contributed by atoms with van der Waals surface area (Å²) in [4.78, 5) is 29.8. The van der Waals surface area contributed by atoms with Crippen molar-refractivity contribution in [2.45, 2.75) is 33.1 Å². The molecule has 1 aliphatic heterocycles. The van der Waals surface area contributed by atoms with Crippen LogP contribution in [0.5, 0.6) is 0 Å². The van der Waals surface area contributed by atoms with Crippen LogP contribution in [0.25, 0.3) is 11.3 Å². The SMILES string of the molecule is CC(C)C1(C(=O)O)CCN(C(=O)CCc2ncc(-c3ccc(F)cc3F)o2)C1. The summed E-state index contributed by atoms with van der Waals surface area (Å²) >= 11 is 0. The van der Waals surface area contributed by atoms with Gasteiger partial charge < -0.3 is 14.4 Å². The molecule has 1 aromatic heterocycles. The Bertz CT molecular complexity index is 896. The van der Waals surface area contributed by atoms with Crippen molar-refractivity contribution in [3.63, 3.8) is 0 Å². The van der Waals surface area contributed by atoms with Crippen LogP contribution < -0.4 is 0 Å². The second-order valence-electron chi connectivity index (χ2n) is 7.42. The lowest BCUT2D eigenvalue weighted by Gasteiger charge is -2.28. The number of halogens is 2. The molecular weight excluding hydrogens is 370 g/mol. The minimum Gasteiger partial charge on any atom is -0.481 e. The molecule has 1 aliphatic rings. The van der Waals surface area contributed by atoms with Crippen molar-refractivity contribution in [1.82, 2.24) is 9.88 Å². The molecule has 1 fully saturated rings. The highest BCUT2D eigenvalue weighted by molar-refractivity contribution is 5.81. The maximum absolute atomic E-state index is 13.8. The Balaban J connectivity index is 1.62. The fraction of sp³-hybridized carbons (Fsp3) is 0.450. The van der Waals surface area contributed by atoms with Gasteiger partial charge in [-0.05, 0) is 24.5 Å². The molecule has 1 aromatic carbocycles. The number of nitrogens with zero attached hydrogens (tertiary/aromatic N) is 2. The summed E-state index contributed by atoms with van der Waals surface area (Å²) in [6.07, 6.45) is 2.08. The maximum atomic E-state index is 13.8. The number of hydrogen-bond donors (Lipinski definition) is 1. The first kappa shape index (κ1) is 20.0. The Morgan fingerprint density at radius 3 is 2.71 bits per heavy atom. The third-order valence-electron chi connectivity index (χ3n) is 5.49. The molecule has 28 heavy (non-hydrogen) atoms. The van der Waals surface area contributed by atoms with Gasteiger partial charge in [-0.1, -0.05) is 13.8 Å². The van der Waals surface area contributed by atoms with Gasteiger partial charge in [0, 0.05) is 32.0 Å². The molecule has 0 bridgehead atoms. The number of oxazole rings is 1. The average Bonchev–Trinajstić information content (AvgIpc) is 3.28. The molecular formula is C20H22F2N2O4. The average molecular weight is 392 g/mol. The van der Waals surface area contributed by atoms with Gasteiger partial charge in [0.15, 0.2) is 11.7 Å². The Labute approximate surface area is 161 Å². The molecule has 3 rings (SSSR count). The first-order valence-electron chi connectivity index (χ1n) is 9.14. The third kappa shape index (κ3) is 3.76. The summed E-state index contributed by atoms with van der Waals surface area (Å²) in [5.41, 5.74) is -0.819. The number of likely N-dealkylation sites (tertiary alicyclic amines) is 1. The summed E-state index contributed by atoms with van der Waals surface area (Å²) in [6, 6.07) is 3.15. The van der Waals surface area contributed by atoms with Gasteiger partial charge in [-0.2, -0.15) is 0 Å². The molecule has 0 saturated carbocycles. The fourth-order valence-electron chi connectivity index (χ4n) is 3.55. The minimum absolute atomic E-state index is 0.0808. The Morgan fingerprint density at radius 1 is 1.36 bits per heavy atom. The minimum atomic E-state index is -0.911. The van der Waals surface area contributed by atoms with Gasteiger partial charge in [0.1, 0.15) is 11.6 Å². The van der Waals surface area contributed by atoms with Crippen molar-refractivity contribution in [2.24, 2.45) is 11.3 Å². The number of aliphatic carboxylic acids is 1. The number of carboxylic acids is 1. The van der Waals surface area contributed by atoms with E-state index >= 15 is 0 Å². The predicted molar refractivity (Wildman–Crippen MR) is 96.3 cm³/mol. The van der Waals surface area contributed by atoms with Crippen molar-refractivity contribution in [1.29, 1.82) is 0 Å². The van der Waals surface area contributed by atoms with Gasteiger partial charge >= 0.3 is 5.97 Å². The van der Waals surface area contributed by atoms with Crippen molar-refractivity contribution < 1.29 is 27.9 Å². The summed E-state index contributed by atoms with van der Waals surface area (Å²) in [5.74, 6) is -2.15. The van der Waals surface area contributed by atoms with E-state index in [4.69, 9.17) is 4.42 Å². The largest absolute Gasteiger partial charge is 0.481 e. The van der Waals surface area contributed by atoms with Crippen LogP contribution >= 0.6 is 0 Å². The standard InChI is InChI=1S/C20H22F2N2O4/c1-12(2)20(19(26)27)7-8-24(11-20)18(25)6-5-17-23-10-16(28-17)14-4-3-13(21)9-15(14)22/h3-4,9-10,12H,5-8,11H2,1-2H3,(H,26,27). The molecule has 150 valence electrons. The summed E-state index contributed by atoms with van der Waals surface area (Å²) in [6.45, 7) is 4.30. The number of rotatable bonds is 6. The molecule has 0 spiro atoms. The summed E-state index contributed by atoms with van der Waals surface area (Å²) < 4.78 is 32.3. The maximum Gasteiger partial charge on any atom is 0.311 e. The molecule has 0 radical (unpaired) electrons. The van der Waals surface area contributed by atoms with Gasteiger partial charge in [0.05, 0.1) is 17.2 Å². The Hall–Kier alpha value is -2.77. The van der Waals surface area contributed by atoms with Gasteiger partial charge in [0.25, 0.3) is 0 Å². The Morgan fingerprint density at radius 2 is 2.11 bits per heavy atom. The van der Waals surface area contributed by atoms with Crippen LogP contribution in [0.1, 0.15) is 32.6 Å². The van der Waals surface area contributed by atoms with Gasteiger partial charge in [-0.25, -0.2) is 13.8 Å². The molecule has 8 heteroatoms. The predicted octanol–water partition coefficient (Wildman–Crippen LogP) is 3.51. The zero-order valence-electron chi connectivity index (χ0n) is 15.7. The van der Waals surface area contributed by atoms with Crippen LogP contribution in [-0.2, 0) is 16.0 Å². The van der Waals surface area contributed by atoms with E-state index in [1.54, 1.807) is 4.90 Å². The van der Waals surface area contributed by atoms with Crippen LogP contribution in [0.3, 0.4) is 0 Å². The summed E-state index contributed by atoms with van der Waals surface area (Å²) in [7, 11) is 0. The van der Waals surface area contributed by atoms with Crippen molar-refractivity contribution in [3.05, 3.63) is 41.9 Å². The monoisotopic (exact) mass is 392 g/mol. The first-order chi connectivity index (χ1) is 13.2. The van der Waals surface area contributed by atoms with Crippen molar-refractivity contribution >= 4 is 11.9 Å². The van der Waals surface area contributed by atoms with E-state index in [2.05, 4.69) is 4.98 Å². The zero-order chi connectivity index (χ0) is 20.5. The zero-order valence-corrected chi connectivity index (χ0v) is 15.7. The summed E-state index contributed by atoms with van der Waals surface area (Å²) in [5, 5.41) is 9.58. The fourth-order valence-corrected chi connectivity index (χ4v) is 3.55. The topological polar surface area (TPSA) is 83.6 Å². The smallest absolute Gasteiger partial charge is 0.311 e. The van der Waals surface area contributed by atoms with Crippen LogP contribution in [0, 0.1) is 23.0 Å². The van der Waals surface area contributed by atoms with E-state index < -0.39 is 23.0 Å².